The van der Waals surface area contributed by atoms with Crippen LogP contribution in [-0.4, -0.2) is 16.1 Å². The summed E-state index contributed by atoms with van der Waals surface area (Å²) in [5.41, 5.74) is 0.440. The lowest BCUT2D eigenvalue weighted by atomic mass is 9.92. The number of rotatable bonds is 2. The molecule has 0 unspecified atom stereocenters. The minimum Gasteiger partial charge on any atom is -0.495 e. The molecule has 7 heteroatoms. The van der Waals surface area contributed by atoms with Crippen LogP contribution in [0, 0.1) is 11.2 Å². The predicted molar refractivity (Wildman–Crippen MR) is 83.5 cm³/mol. The number of fused-ring (bicyclic) bond motifs is 1. The van der Waals surface area contributed by atoms with Gasteiger partial charge in [0, 0.05) is 30.6 Å². The first-order valence-electron chi connectivity index (χ1n) is 6.53. The molecule has 1 aromatic carbocycles. The third-order valence-corrected chi connectivity index (χ3v) is 4.83. The minimum absolute atomic E-state index is 0.177. The van der Waals surface area contributed by atoms with Gasteiger partial charge in [-0.05, 0) is 27.4 Å². The van der Waals surface area contributed by atoms with E-state index in [9.17, 15) is 4.39 Å². The Hall–Kier alpha value is -1.21. The SMILES string of the molecule is COc1cc(/N=c2/snc3n2CC(C)(C)C3)c(F)cc1Br. The van der Waals surface area contributed by atoms with E-state index in [-0.39, 0.29) is 16.9 Å². The van der Waals surface area contributed by atoms with E-state index in [1.165, 1.54) is 17.6 Å². The Labute approximate surface area is 134 Å². The highest BCUT2D eigenvalue weighted by Crippen LogP contribution is 2.33. The van der Waals surface area contributed by atoms with Crippen molar-refractivity contribution in [2.45, 2.75) is 26.8 Å². The molecule has 0 atom stereocenters. The van der Waals surface area contributed by atoms with Crippen LogP contribution in [0.3, 0.4) is 0 Å². The summed E-state index contributed by atoms with van der Waals surface area (Å²) in [6.07, 6.45) is 0.922. The number of benzene rings is 1. The van der Waals surface area contributed by atoms with E-state index in [1.807, 2.05) is 0 Å². The highest BCUT2D eigenvalue weighted by Gasteiger charge is 2.30. The van der Waals surface area contributed by atoms with Gasteiger partial charge in [-0.25, -0.2) is 9.38 Å². The molecular formula is C14H15BrFN3OS. The Morgan fingerprint density at radius 1 is 1.48 bits per heavy atom. The summed E-state index contributed by atoms with van der Waals surface area (Å²) in [5.74, 6) is 1.19. The molecule has 2 heterocycles. The molecule has 0 saturated heterocycles. The number of ether oxygens (including phenoxy) is 1. The summed E-state index contributed by atoms with van der Waals surface area (Å²) in [6.45, 7) is 5.24. The molecule has 0 radical (unpaired) electrons. The zero-order valence-electron chi connectivity index (χ0n) is 12.0. The van der Waals surface area contributed by atoms with Gasteiger partial charge in [-0.1, -0.05) is 13.8 Å². The van der Waals surface area contributed by atoms with Gasteiger partial charge < -0.3 is 9.30 Å². The quantitative estimate of drug-likeness (QED) is 0.807. The lowest BCUT2D eigenvalue weighted by Crippen LogP contribution is -2.19. The van der Waals surface area contributed by atoms with Crippen molar-refractivity contribution in [3.05, 3.63) is 33.0 Å². The highest BCUT2D eigenvalue weighted by molar-refractivity contribution is 9.10. The molecule has 1 aliphatic heterocycles. The van der Waals surface area contributed by atoms with Gasteiger partial charge in [0.1, 0.15) is 23.1 Å². The monoisotopic (exact) mass is 371 g/mol. The zero-order valence-corrected chi connectivity index (χ0v) is 14.4. The number of hydrogen-bond acceptors (Lipinski definition) is 4. The standard InChI is InChI=1S/C14H15BrFN3OS/c1-14(2)6-12-18-21-13(19(12)7-14)17-10-5-11(20-3)8(15)4-9(10)16/h4-5H,6-7H2,1-3H3/b17-13+. The summed E-state index contributed by atoms with van der Waals surface area (Å²) >= 11 is 4.56. The van der Waals surface area contributed by atoms with Crippen LogP contribution in [0.5, 0.6) is 5.75 Å². The molecule has 0 bridgehead atoms. The molecule has 0 amide bonds. The van der Waals surface area contributed by atoms with Crippen LogP contribution in [-0.2, 0) is 13.0 Å². The maximum absolute atomic E-state index is 14.1. The van der Waals surface area contributed by atoms with Crippen molar-refractivity contribution in [1.82, 2.24) is 8.94 Å². The average molecular weight is 372 g/mol. The van der Waals surface area contributed by atoms with E-state index < -0.39 is 0 Å². The zero-order chi connectivity index (χ0) is 15.2. The van der Waals surface area contributed by atoms with Crippen molar-refractivity contribution >= 4 is 33.1 Å². The molecule has 0 saturated carbocycles. The molecule has 1 aliphatic rings. The summed E-state index contributed by atoms with van der Waals surface area (Å²) in [5, 5.41) is 0. The summed E-state index contributed by atoms with van der Waals surface area (Å²) < 4.78 is 26.3. The summed E-state index contributed by atoms with van der Waals surface area (Å²) in [6, 6.07) is 2.96. The molecule has 0 spiro atoms. The molecule has 1 aromatic heterocycles. The molecule has 2 aromatic rings. The van der Waals surface area contributed by atoms with Gasteiger partial charge in [-0.2, -0.15) is 4.37 Å². The topological polar surface area (TPSA) is 39.4 Å². The smallest absolute Gasteiger partial charge is 0.209 e. The van der Waals surface area contributed by atoms with E-state index in [1.54, 1.807) is 13.2 Å². The van der Waals surface area contributed by atoms with Crippen molar-refractivity contribution in [2.75, 3.05) is 7.11 Å². The van der Waals surface area contributed by atoms with Crippen molar-refractivity contribution < 1.29 is 9.13 Å². The Balaban J connectivity index is 2.09. The normalized spacial score (nSPS) is 17.1. The number of hydrogen-bond donors (Lipinski definition) is 0. The third-order valence-electron chi connectivity index (χ3n) is 3.44. The van der Waals surface area contributed by atoms with E-state index in [2.05, 4.69) is 43.7 Å². The van der Waals surface area contributed by atoms with Crippen LogP contribution in [0.25, 0.3) is 0 Å². The second-order valence-corrected chi connectivity index (χ2v) is 7.44. The first-order valence-corrected chi connectivity index (χ1v) is 8.09. The summed E-state index contributed by atoms with van der Waals surface area (Å²) in [4.78, 5) is 5.15. The number of halogens is 2. The molecule has 0 aliphatic carbocycles. The van der Waals surface area contributed by atoms with Gasteiger partial charge in [0.05, 0.1) is 11.6 Å². The molecule has 0 fully saturated rings. The molecule has 0 N–H and O–H groups in total. The lowest BCUT2D eigenvalue weighted by molar-refractivity contribution is 0.356. The van der Waals surface area contributed by atoms with Gasteiger partial charge in [-0.15, -0.1) is 0 Å². The second-order valence-electron chi connectivity index (χ2n) is 5.86. The van der Waals surface area contributed by atoms with Gasteiger partial charge in [0.25, 0.3) is 0 Å². The first kappa shape index (κ1) is 14.7. The van der Waals surface area contributed by atoms with Crippen LogP contribution in [0.15, 0.2) is 21.6 Å². The molecular weight excluding hydrogens is 357 g/mol. The Morgan fingerprint density at radius 2 is 2.24 bits per heavy atom. The average Bonchev–Trinajstić information content (AvgIpc) is 2.89. The van der Waals surface area contributed by atoms with Crippen molar-refractivity contribution in [2.24, 2.45) is 10.4 Å². The lowest BCUT2D eigenvalue weighted by Gasteiger charge is -2.14. The molecule has 3 rings (SSSR count). The summed E-state index contributed by atoms with van der Waals surface area (Å²) in [7, 11) is 1.55. The van der Waals surface area contributed by atoms with Gasteiger partial charge >= 0.3 is 0 Å². The molecule has 112 valence electrons. The minimum atomic E-state index is -0.386. The van der Waals surface area contributed by atoms with E-state index in [0.717, 1.165) is 23.6 Å². The fraction of sp³-hybridized carbons (Fsp3) is 0.429. The van der Waals surface area contributed by atoms with Gasteiger partial charge in [0.15, 0.2) is 0 Å². The van der Waals surface area contributed by atoms with E-state index >= 15 is 0 Å². The van der Waals surface area contributed by atoms with Gasteiger partial charge in [-0.3, -0.25) is 0 Å². The van der Waals surface area contributed by atoms with Crippen molar-refractivity contribution in [1.29, 1.82) is 0 Å². The Morgan fingerprint density at radius 3 is 2.95 bits per heavy atom. The Kier molecular flexibility index (Phi) is 3.65. The Bertz CT molecular complexity index is 766. The second kappa shape index (κ2) is 5.21. The van der Waals surface area contributed by atoms with Crippen LogP contribution in [0.1, 0.15) is 19.7 Å². The largest absolute Gasteiger partial charge is 0.495 e. The number of aromatic nitrogens is 2. The molecule has 4 nitrogen and oxygen atoms in total. The third kappa shape index (κ3) is 2.76. The van der Waals surface area contributed by atoms with E-state index in [4.69, 9.17) is 4.74 Å². The predicted octanol–water partition coefficient (Wildman–Crippen LogP) is 3.67. The van der Waals surface area contributed by atoms with Crippen LogP contribution in [0.2, 0.25) is 0 Å². The van der Waals surface area contributed by atoms with Crippen molar-refractivity contribution in [3.63, 3.8) is 0 Å². The molecule has 21 heavy (non-hydrogen) atoms. The number of nitrogens with zero attached hydrogens (tertiary/aromatic N) is 3. The maximum atomic E-state index is 14.1. The van der Waals surface area contributed by atoms with Crippen molar-refractivity contribution in [3.8, 4) is 5.75 Å². The van der Waals surface area contributed by atoms with Crippen LogP contribution < -0.4 is 9.54 Å². The fourth-order valence-corrected chi connectivity index (χ4v) is 3.68. The maximum Gasteiger partial charge on any atom is 0.209 e. The highest BCUT2D eigenvalue weighted by atomic mass is 79.9. The first-order chi connectivity index (χ1) is 9.89. The van der Waals surface area contributed by atoms with E-state index in [0.29, 0.717) is 10.2 Å². The van der Waals surface area contributed by atoms with Crippen LogP contribution >= 0.6 is 27.5 Å². The van der Waals surface area contributed by atoms with Crippen LogP contribution in [0.4, 0.5) is 10.1 Å². The fourth-order valence-electron chi connectivity index (χ4n) is 2.45. The van der Waals surface area contributed by atoms with Gasteiger partial charge in [0.2, 0.25) is 4.80 Å². The number of methoxy groups -OCH3 is 1.